The second kappa shape index (κ2) is 8.94. The zero-order valence-corrected chi connectivity index (χ0v) is 15.1. The van der Waals surface area contributed by atoms with Gasteiger partial charge in [0.05, 0.1) is 0 Å². The highest BCUT2D eigenvalue weighted by Gasteiger charge is 2.02. The molecule has 0 nitrogen and oxygen atoms in total. The first-order chi connectivity index (χ1) is 11.6. The summed E-state index contributed by atoms with van der Waals surface area (Å²) in [6.45, 7) is 8.75. The Hall–Kier alpha value is -2.52. The third-order valence-electron chi connectivity index (χ3n) is 3.50. The number of rotatable bonds is 4. The van der Waals surface area contributed by atoms with Crippen molar-refractivity contribution in [2.24, 2.45) is 11.8 Å². The molecule has 122 valence electrons. The number of benzene rings is 2. The van der Waals surface area contributed by atoms with Crippen molar-refractivity contribution in [3.05, 3.63) is 83.9 Å². The summed E-state index contributed by atoms with van der Waals surface area (Å²) in [5.74, 6) is 7.75. The molecule has 24 heavy (non-hydrogen) atoms. The van der Waals surface area contributed by atoms with Crippen LogP contribution in [0.3, 0.4) is 0 Å². The number of allylic oxidation sites excluding steroid dienone is 4. The van der Waals surface area contributed by atoms with Crippen LogP contribution in [0.5, 0.6) is 0 Å². The van der Waals surface area contributed by atoms with Crippen LogP contribution in [0.25, 0.3) is 11.1 Å². The lowest BCUT2D eigenvalue weighted by molar-refractivity contribution is 0.834. The van der Waals surface area contributed by atoms with Gasteiger partial charge < -0.3 is 0 Å². The fraction of sp³-hybridized carbons (Fsp3) is 0.250. The van der Waals surface area contributed by atoms with Crippen LogP contribution < -0.4 is 0 Å². The Morgan fingerprint density at radius 1 is 0.625 bits per heavy atom. The molecule has 0 fully saturated rings. The zero-order valence-electron chi connectivity index (χ0n) is 15.1. The fourth-order valence-electron chi connectivity index (χ4n) is 2.46. The van der Waals surface area contributed by atoms with E-state index >= 15 is 0 Å². The summed E-state index contributed by atoms with van der Waals surface area (Å²) < 4.78 is 0. The lowest BCUT2D eigenvalue weighted by Crippen LogP contribution is -1.89. The van der Waals surface area contributed by atoms with Crippen molar-refractivity contribution in [2.75, 3.05) is 0 Å². The maximum Gasteiger partial charge on any atom is 0.0284 e. The van der Waals surface area contributed by atoms with Crippen molar-refractivity contribution in [2.45, 2.75) is 27.7 Å². The van der Waals surface area contributed by atoms with E-state index in [-0.39, 0.29) is 0 Å². The lowest BCUT2D eigenvalue weighted by Gasteiger charge is -2.05. The molecule has 0 N–H and O–H groups in total. The minimum atomic E-state index is 0.462. The minimum absolute atomic E-state index is 0.462. The first-order valence-corrected chi connectivity index (χ1v) is 8.62. The quantitative estimate of drug-likeness (QED) is 0.567. The van der Waals surface area contributed by atoms with Crippen molar-refractivity contribution in [3.63, 3.8) is 0 Å². The van der Waals surface area contributed by atoms with E-state index in [1.807, 2.05) is 12.1 Å². The molecule has 0 heteroatoms. The van der Waals surface area contributed by atoms with E-state index in [1.165, 1.54) is 11.1 Å². The molecule has 0 unspecified atom stereocenters. The van der Waals surface area contributed by atoms with Gasteiger partial charge >= 0.3 is 0 Å². The van der Waals surface area contributed by atoms with E-state index in [9.17, 15) is 0 Å². The maximum atomic E-state index is 3.41. The lowest BCUT2D eigenvalue weighted by atomic mass is 9.99. The highest BCUT2D eigenvalue weighted by atomic mass is 14.1. The van der Waals surface area contributed by atoms with Gasteiger partial charge in [0.15, 0.2) is 0 Å². The van der Waals surface area contributed by atoms with Gasteiger partial charge in [-0.2, -0.15) is 0 Å². The van der Waals surface area contributed by atoms with Crippen molar-refractivity contribution < 1.29 is 0 Å². The third kappa shape index (κ3) is 5.60. The van der Waals surface area contributed by atoms with E-state index in [4.69, 9.17) is 0 Å². The predicted molar refractivity (Wildman–Crippen MR) is 106 cm³/mol. The molecule has 0 aliphatic rings. The monoisotopic (exact) mass is 314 g/mol. The van der Waals surface area contributed by atoms with Gasteiger partial charge in [-0.25, -0.2) is 0 Å². The van der Waals surface area contributed by atoms with Gasteiger partial charge in [-0.15, -0.1) is 0 Å². The second-order valence-corrected chi connectivity index (χ2v) is 6.63. The zero-order chi connectivity index (χ0) is 17.4. The number of hydrogen-bond donors (Lipinski definition) is 0. The highest BCUT2D eigenvalue weighted by Crippen LogP contribution is 2.19. The molecule has 0 aliphatic carbocycles. The molecular weight excluding hydrogens is 288 g/mol. The Morgan fingerprint density at radius 3 is 1.25 bits per heavy atom. The summed E-state index contributed by atoms with van der Waals surface area (Å²) in [7, 11) is 0. The van der Waals surface area contributed by atoms with Crippen LogP contribution >= 0.6 is 0 Å². The van der Waals surface area contributed by atoms with E-state index in [2.05, 4.69) is 100 Å². The van der Waals surface area contributed by atoms with Gasteiger partial charge in [0, 0.05) is 11.1 Å². The third-order valence-corrected chi connectivity index (χ3v) is 3.50. The van der Waals surface area contributed by atoms with Gasteiger partial charge in [0.1, 0.15) is 0 Å². The molecule has 0 aliphatic heterocycles. The Balaban J connectivity index is 2.44. The van der Waals surface area contributed by atoms with Crippen LogP contribution in [0.1, 0.15) is 38.8 Å². The van der Waals surface area contributed by atoms with E-state index in [0.29, 0.717) is 11.8 Å². The first kappa shape index (κ1) is 17.8. The average molecular weight is 314 g/mol. The Bertz CT molecular complexity index is 682. The van der Waals surface area contributed by atoms with E-state index in [0.717, 1.165) is 11.1 Å². The topological polar surface area (TPSA) is 0 Å². The fourth-order valence-corrected chi connectivity index (χ4v) is 2.46. The van der Waals surface area contributed by atoms with Gasteiger partial charge in [-0.1, -0.05) is 112 Å². The van der Waals surface area contributed by atoms with Crippen LogP contribution in [0.15, 0.2) is 72.8 Å². The molecular formula is C24H26. The average Bonchev–Trinajstić information content (AvgIpc) is 2.58. The summed E-state index contributed by atoms with van der Waals surface area (Å²) in [4.78, 5) is 0. The first-order valence-electron chi connectivity index (χ1n) is 8.62. The summed E-state index contributed by atoms with van der Waals surface area (Å²) in [5.41, 5.74) is 4.54. The molecule has 0 heterocycles. The van der Waals surface area contributed by atoms with Crippen LogP contribution in [0, 0.1) is 23.7 Å². The van der Waals surface area contributed by atoms with Gasteiger partial charge in [-0.3, -0.25) is 0 Å². The van der Waals surface area contributed by atoms with Gasteiger partial charge in [-0.05, 0) is 23.0 Å². The van der Waals surface area contributed by atoms with E-state index < -0.39 is 0 Å². The molecule has 0 aromatic heterocycles. The normalized spacial score (nSPS) is 12.2. The highest BCUT2D eigenvalue weighted by molar-refractivity contribution is 5.86. The van der Waals surface area contributed by atoms with Crippen molar-refractivity contribution >= 4 is 11.1 Å². The summed E-state index contributed by atoms with van der Waals surface area (Å²) >= 11 is 0. The number of hydrogen-bond acceptors (Lipinski definition) is 0. The SMILES string of the molecule is CC(C)/C=C(/C#C/C(=C/C(C)C)c1ccccc1)c1ccccc1. The second-order valence-electron chi connectivity index (χ2n) is 6.63. The molecule has 0 spiro atoms. The molecule has 0 radical (unpaired) electrons. The molecule has 0 bridgehead atoms. The Morgan fingerprint density at radius 2 is 0.958 bits per heavy atom. The van der Waals surface area contributed by atoms with Crippen molar-refractivity contribution in [1.29, 1.82) is 0 Å². The largest absolute Gasteiger partial charge is 0.0656 e. The summed E-state index contributed by atoms with van der Waals surface area (Å²) in [6, 6.07) is 20.8. The van der Waals surface area contributed by atoms with Gasteiger partial charge in [0.2, 0.25) is 0 Å². The molecule has 0 saturated carbocycles. The van der Waals surface area contributed by atoms with Crippen molar-refractivity contribution in [1.82, 2.24) is 0 Å². The van der Waals surface area contributed by atoms with Gasteiger partial charge in [0.25, 0.3) is 0 Å². The summed E-state index contributed by atoms with van der Waals surface area (Å²) in [6.07, 6.45) is 4.47. The molecule has 2 aromatic rings. The molecule has 2 aromatic carbocycles. The smallest absolute Gasteiger partial charge is 0.0284 e. The Kier molecular flexibility index (Phi) is 6.64. The van der Waals surface area contributed by atoms with Crippen molar-refractivity contribution in [3.8, 4) is 11.8 Å². The standard InChI is InChI=1S/C24H26/c1-19(2)17-23(21-11-7-5-8-12-21)15-16-24(18-20(3)4)22-13-9-6-10-14-22/h5-14,17-20H,1-4H3/b23-17-,24-18-. The van der Waals surface area contributed by atoms with Crippen LogP contribution in [-0.4, -0.2) is 0 Å². The Labute approximate surface area is 146 Å². The molecule has 0 saturated heterocycles. The minimum Gasteiger partial charge on any atom is -0.0656 e. The molecule has 0 atom stereocenters. The maximum absolute atomic E-state index is 3.41. The molecule has 2 rings (SSSR count). The van der Waals surface area contributed by atoms with E-state index in [1.54, 1.807) is 0 Å². The van der Waals surface area contributed by atoms with Crippen LogP contribution in [-0.2, 0) is 0 Å². The summed E-state index contributed by atoms with van der Waals surface area (Å²) in [5, 5.41) is 0. The van der Waals surface area contributed by atoms with Crippen LogP contribution in [0.2, 0.25) is 0 Å². The molecule has 0 amide bonds. The predicted octanol–water partition coefficient (Wildman–Crippen LogP) is 6.47. The van der Waals surface area contributed by atoms with Crippen LogP contribution in [0.4, 0.5) is 0 Å².